The first-order valence-electron chi connectivity index (χ1n) is 7.74. The van der Waals surface area contributed by atoms with Crippen LogP contribution in [0.25, 0.3) is 0 Å². The number of ether oxygens (including phenoxy) is 1. The van der Waals surface area contributed by atoms with E-state index < -0.39 is 0 Å². The number of rotatable bonds is 5. The monoisotopic (exact) mass is 347 g/mol. The number of nitrogens with zero attached hydrogens (tertiary/aromatic N) is 1. The highest BCUT2D eigenvalue weighted by Gasteiger charge is 2.39. The van der Waals surface area contributed by atoms with E-state index in [0.29, 0.717) is 30.2 Å². The van der Waals surface area contributed by atoms with Gasteiger partial charge in [-0.05, 0) is 45.7 Å². The molecule has 22 heavy (non-hydrogen) atoms. The maximum atomic E-state index is 14.6. The van der Waals surface area contributed by atoms with Crippen molar-refractivity contribution in [2.24, 2.45) is 0 Å². The normalized spacial score (nSPS) is 16.7. The molecule has 1 aliphatic rings. The second-order valence-electron chi connectivity index (χ2n) is 6.72. The van der Waals surface area contributed by atoms with E-state index in [4.69, 9.17) is 27.9 Å². The van der Waals surface area contributed by atoms with Crippen molar-refractivity contribution >= 4 is 23.2 Å². The first kappa shape index (κ1) is 17.8. The number of benzene rings is 1. The third-order valence-corrected chi connectivity index (χ3v) is 4.64. The number of halogens is 3. The van der Waals surface area contributed by atoms with E-state index in [1.165, 1.54) is 0 Å². The molecular formula is C17H24Cl2FNO. The van der Waals surface area contributed by atoms with Gasteiger partial charge in [0.25, 0.3) is 0 Å². The molecule has 124 valence electrons. The van der Waals surface area contributed by atoms with Crippen LogP contribution < -0.4 is 4.74 Å². The molecule has 5 heteroatoms. The number of alkyl halides is 1. The third-order valence-electron chi connectivity index (χ3n) is 4.17. The molecular weight excluding hydrogens is 324 g/mol. The molecule has 1 aromatic carbocycles. The van der Waals surface area contributed by atoms with Crippen molar-refractivity contribution in [3.8, 4) is 5.75 Å². The quantitative estimate of drug-likeness (QED) is 0.705. The summed E-state index contributed by atoms with van der Waals surface area (Å²) in [7, 11) is 0. The van der Waals surface area contributed by atoms with Crippen LogP contribution in [-0.4, -0.2) is 36.0 Å². The predicted octanol–water partition coefficient (Wildman–Crippen LogP) is 4.86. The highest BCUT2D eigenvalue weighted by Crippen LogP contribution is 2.42. The van der Waals surface area contributed by atoms with E-state index in [-0.39, 0.29) is 22.3 Å². The van der Waals surface area contributed by atoms with Gasteiger partial charge in [-0.3, -0.25) is 4.90 Å². The fraction of sp³-hybridized carbons (Fsp3) is 0.647. The molecule has 0 spiro atoms. The topological polar surface area (TPSA) is 12.5 Å². The van der Waals surface area contributed by atoms with E-state index in [0.717, 1.165) is 18.7 Å². The van der Waals surface area contributed by atoms with Crippen LogP contribution in [0.5, 0.6) is 5.75 Å². The first-order chi connectivity index (χ1) is 10.3. The van der Waals surface area contributed by atoms with Crippen molar-refractivity contribution in [1.29, 1.82) is 0 Å². The lowest BCUT2D eigenvalue weighted by molar-refractivity contribution is 0.0446. The zero-order valence-corrected chi connectivity index (χ0v) is 15.2. The molecule has 0 N–H and O–H groups in total. The summed E-state index contributed by atoms with van der Waals surface area (Å²) in [5.74, 6) is 0.874. The molecule has 1 aliphatic heterocycles. The lowest BCUT2D eigenvalue weighted by atomic mass is 9.85. The second kappa shape index (κ2) is 6.94. The van der Waals surface area contributed by atoms with Crippen LogP contribution in [0.4, 0.5) is 4.39 Å². The van der Waals surface area contributed by atoms with Gasteiger partial charge in [-0.2, -0.15) is 0 Å². The predicted molar refractivity (Wildman–Crippen MR) is 91.1 cm³/mol. The summed E-state index contributed by atoms with van der Waals surface area (Å²) in [4.78, 5) is 2.33. The minimum Gasteiger partial charge on any atom is -0.493 e. The Bertz CT molecular complexity index is 536. The molecule has 0 aliphatic carbocycles. The Morgan fingerprint density at radius 3 is 2.50 bits per heavy atom. The highest BCUT2D eigenvalue weighted by atomic mass is 35.5. The average molecular weight is 348 g/mol. The Kier molecular flexibility index (Phi) is 5.63. The summed E-state index contributed by atoms with van der Waals surface area (Å²) < 4.78 is 20.4. The van der Waals surface area contributed by atoms with Crippen molar-refractivity contribution in [2.45, 2.75) is 45.6 Å². The van der Waals surface area contributed by atoms with Gasteiger partial charge < -0.3 is 4.74 Å². The van der Waals surface area contributed by atoms with Gasteiger partial charge >= 0.3 is 0 Å². The van der Waals surface area contributed by atoms with Gasteiger partial charge in [-0.15, -0.1) is 11.6 Å². The van der Waals surface area contributed by atoms with Gasteiger partial charge in [0.05, 0.1) is 11.6 Å². The summed E-state index contributed by atoms with van der Waals surface area (Å²) in [6.07, 6.45) is 0.625. The van der Waals surface area contributed by atoms with Gasteiger partial charge in [-0.1, -0.05) is 11.6 Å². The minimum atomic E-state index is -0.345. The number of likely N-dealkylation sites (tertiary alicyclic amines) is 1. The maximum Gasteiger partial charge on any atom is 0.149 e. The molecule has 1 aromatic rings. The van der Waals surface area contributed by atoms with E-state index in [1.54, 1.807) is 6.07 Å². The number of aryl methyl sites for hydroxylation is 1. The summed E-state index contributed by atoms with van der Waals surface area (Å²) in [6, 6.07) is 1.65. The fourth-order valence-electron chi connectivity index (χ4n) is 2.86. The van der Waals surface area contributed by atoms with E-state index >= 15 is 0 Å². The molecule has 1 heterocycles. The van der Waals surface area contributed by atoms with Crippen LogP contribution in [0.1, 0.15) is 44.7 Å². The molecule has 1 fully saturated rings. The Labute approximate surface area is 142 Å². The highest BCUT2D eigenvalue weighted by molar-refractivity contribution is 6.31. The molecule has 0 aromatic heterocycles. The Hall–Kier alpha value is -0.510. The van der Waals surface area contributed by atoms with E-state index in [1.807, 2.05) is 6.92 Å². The molecule has 1 saturated heterocycles. The van der Waals surface area contributed by atoms with E-state index in [2.05, 4.69) is 25.7 Å². The Morgan fingerprint density at radius 1 is 1.36 bits per heavy atom. The molecule has 0 radical (unpaired) electrons. The smallest absolute Gasteiger partial charge is 0.149 e. The van der Waals surface area contributed by atoms with Crippen molar-refractivity contribution < 1.29 is 9.13 Å². The largest absolute Gasteiger partial charge is 0.493 e. The van der Waals surface area contributed by atoms with Gasteiger partial charge in [0, 0.05) is 36.0 Å². The zero-order chi connectivity index (χ0) is 16.5. The van der Waals surface area contributed by atoms with Crippen LogP contribution in [0.3, 0.4) is 0 Å². The molecule has 0 bridgehead atoms. The molecule has 0 saturated carbocycles. The van der Waals surface area contributed by atoms with Crippen LogP contribution in [0.2, 0.25) is 5.02 Å². The summed E-state index contributed by atoms with van der Waals surface area (Å²) in [5.41, 5.74) is 1.61. The zero-order valence-electron chi connectivity index (χ0n) is 13.7. The summed E-state index contributed by atoms with van der Waals surface area (Å²) in [6.45, 7) is 10.5. The summed E-state index contributed by atoms with van der Waals surface area (Å²) >= 11 is 12.0. The lowest BCUT2D eigenvalue weighted by Crippen LogP contribution is -2.54. The fourth-order valence-corrected chi connectivity index (χ4v) is 3.30. The molecule has 0 amide bonds. The van der Waals surface area contributed by atoms with Crippen molar-refractivity contribution in [1.82, 2.24) is 4.90 Å². The van der Waals surface area contributed by atoms with E-state index in [9.17, 15) is 4.39 Å². The third kappa shape index (κ3) is 3.52. The van der Waals surface area contributed by atoms with Gasteiger partial charge in [-0.25, -0.2) is 4.39 Å². The molecule has 2 nitrogen and oxygen atoms in total. The summed E-state index contributed by atoms with van der Waals surface area (Å²) in [5, 5.41) is 0.160. The first-order valence-corrected chi connectivity index (χ1v) is 8.65. The van der Waals surface area contributed by atoms with Crippen molar-refractivity contribution in [3.63, 3.8) is 0 Å². The lowest BCUT2D eigenvalue weighted by Gasteiger charge is -2.48. The van der Waals surface area contributed by atoms with Crippen molar-refractivity contribution in [2.75, 3.05) is 25.6 Å². The van der Waals surface area contributed by atoms with Gasteiger partial charge in [0.15, 0.2) is 0 Å². The van der Waals surface area contributed by atoms with Crippen LogP contribution in [0, 0.1) is 5.82 Å². The molecule has 0 unspecified atom stereocenters. The second-order valence-corrected chi connectivity index (χ2v) is 7.50. The van der Waals surface area contributed by atoms with Gasteiger partial charge in [0.2, 0.25) is 0 Å². The molecule has 2 rings (SSSR count). The number of hydrogen-bond acceptors (Lipinski definition) is 2. The van der Waals surface area contributed by atoms with Gasteiger partial charge in [0.1, 0.15) is 11.6 Å². The van der Waals surface area contributed by atoms with Crippen LogP contribution in [-0.2, 0) is 6.42 Å². The minimum absolute atomic E-state index is 0.0935. The van der Waals surface area contributed by atoms with Crippen LogP contribution in [0.15, 0.2) is 6.07 Å². The van der Waals surface area contributed by atoms with Crippen LogP contribution >= 0.6 is 23.2 Å². The maximum absolute atomic E-state index is 14.6. The SMILES string of the molecule is CCOc1c(CCCl)cc(Cl)c(F)c1C1CN(C(C)(C)C)C1. The average Bonchev–Trinajstić information content (AvgIpc) is 2.36. The number of hydrogen-bond donors (Lipinski definition) is 0. The Balaban J connectivity index is 2.37. The Morgan fingerprint density at radius 2 is 2.00 bits per heavy atom. The van der Waals surface area contributed by atoms with Crippen molar-refractivity contribution in [3.05, 3.63) is 28.0 Å². The molecule has 0 atom stereocenters. The standard InChI is InChI=1S/C17H24Cl2FNO/c1-5-22-16-11(6-7-18)8-13(19)15(20)14(16)12-9-21(10-12)17(2,3)4/h8,12H,5-7,9-10H2,1-4H3.